The first-order valence-electron chi connectivity index (χ1n) is 6.98. The summed E-state index contributed by atoms with van der Waals surface area (Å²) in [6.45, 7) is 4.46. The highest BCUT2D eigenvalue weighted by molar-refractivity contribution is 7.99. The Morgan fingerprint density at radius 3 is 3.00 bits per heavy atom. The van der Waals surface area contributed by atoms with Crippen LogP contribution in [0.25, 0.3) is 0 Å². The average Bonchev–Trinajstić information content (AvgIpc) is 2.39. The Hall–Kier alpha value is -0.770. The van der Waals surface area contributed by atoms with E-state index in [2.05, 4.69) is 29.1 Å². The van der Waals surface area contributed by atoms with Gasteiger partial charge in [-0.05, 0) is 50.5 Å². The molecule has 1 unspecified atom stereocenters. The Labute approximate surface area is 114 Å². The molecular formula is C14H23N3S. The number of hydrogen-bond donors (Lipinski definition) is 1. The molecular weight excluding hydrogens is 242 g/mol. The molecule has 18 heavy (non-hydrogen) atoms. The molecule has 1 aliphatic carbocycles. The smallest absolute Gasteiger partial charge is 0.133 e. The SMILES string of the molecule is CCSCCC(C)Nc1ncnc2c1CCCC2. The maximum atomic E-state index is 4.43. The maximum Gasteiger partial charge on any atom is 0.133 e. The molecule has 0 saturated carbocycles. The molecule has 100 valence electrons. The van der Waals surface area contributed by atoms with Crippen molar-refractivity contribution >= 4 is 17.6 Å². The van der Waals surface area contributed by atoms with Crippen LogP contribution in [0.3, 0.4) is 0 Å². The molecule has 0 bridgehead atoms. The van der Waals surface area contributed by atoms with Crippen molar-refractivity contribution in [1.82, 2.24) is 9.97 Å². The first kappa shape index (κ1) is 13.7. The zero-order valence-electron chi connectivity index (χ0n) is 11.4. The molecule has 0 radical (unpaired) electrons. The summed E-state index contributed by atoms with van der Waals surface area (Å²) in [6, 6.07) is 0.491. The third-order valence-corrected chi connectivity index (χ3v) is 4.34. The molecule has 1 aliphatic rings. The Morgan fingerprint density at radius 2 is 2.17 bits per heavy atom. The molecule has 0 aromatic carbocycles. The topological polar surface area (TPSA) is 37.8 Å². The quantitative estimate of drug-likeness (QED) is 0.801. The van der Waals surface area contributed by atoms with Gasteiger partial charge in [0.05, 0.1) is 0 Å². The van der Waals surface area contributed by atoms with Gasteiger partial charge in [0.15, 0.2) is 0 Å². The first-order chi connectivity index (χ1) is 8.81. The Balaban J connectivity index is 1.96. The minimum Gasteiger partial charge on any atom is -0.367 e. The van der Waals surface area contributed by atoms with E-state index in [4.69, 9.17) is 0 Å². The molecule has 3 nitrogen and oxygen atoms in total. The van der Waals surface area contributed by atoms with Gasteiger partial charge in [-0.25, -0.2) is 9.97 Å². The summed E-state index contributed by atoms with van der Waals surface area (Å²) in [6.07, 6.45) is 7.69. The lowest BCUT2D eigenvalue weighted by Crippen LogP contribution is -2.20. The van der Waals surface area contributed by atoms with Crippen molar-refractivity contribution in [3.8, 4) is 0 Å². The number of hydrogen-bond acceptors (Lipinski definition) is 4. The van der Waals surface area contributed by atoms with Crippen molar-refractivity contribution in [2.24, 2.45) is 0 Å². The predicted octanol–water partition coefficient (Wildman–Crippen LogP) is 3.30. The van der Waals surface area contributed by atoms with Gasteiger partial charge < -0.3 is 5.32 Å². The molecule has 1 heterocycles. The van der Waals surface area contributed by atoms with Gasteiger partial charge in [0.25, 0.3) is 0 Å². The van der Waals surface area contributed by atoms with Crippen molar-refractivity contribution in [3.05, 3.63) is 17.6 Å². The molecule has 0 spiro atoms. The lowest BCUT2D eigenvalue weighted by Gasteiger charge is -2.21. The highest BCUT2D eigenvalue weighted by atomic mass is 32.2. The van der Waals surface area contributed by atoms with Crippen LogP contribution >= 0.6 is 11.8 Å². The zero-order valence-corrected chi connectivity index (χ0v) is 12.2. The van der Waals surface area contributed by atoms with Crippen LogP contribution < -0.4 is 5.32 Å². The van der Waals surface area contributed by atoms with Crippen LogP contribution in [0.1, 0.15) is 44.4 Å². The second-order valence-electron chi connectivity index (χ2n) is 4.89. The summed E-state index contributed by atoms with van der Waals surface area (Å²) in [5.74, 6) is 3.50. The minimum atomic E-state index is 0.491. The van der Waals surface area contributed by atoms with E-state index in [1.165, 1.54) is 42.0 Å². The van der Waals surface area contributed by atoms with Gasteiger partial charge in [-0.1, -0.05) is 6.92 Å². The van der Waals surface area contributed by atoms with Crippen LogP contribution in [0.4, 0.5) is 5.82 Å². The zero-order chi connectivity index (χ0) is 12.8. The van der Waals surface area contributed by atoms with Gasteiger partial charge >= 0.3 is 0 Å². The summed E-state index contributed by atoms with van der Waals surface area (Å²) in [5.41, 5.74) is 2.62. The minimum absolute atomic E-state index is 0.491. The average molecular weight is 265 g/mol. The number of nitrogens with zero attached hydrogens (tertiary/aromatic N) is 2. The number of aromatic nitrogens is 2. The number of thioether (sulfide) groups is 1. The normalized spacial score (nSPS) is 16.1. The van der Waals surface area contributed by atoms with E-state index in [0.717, 1.165) is 18.7 Å². The summed E-state index contributed by atoms with van der Waals surface area (Å²) in [7, 11) is 0. The fourth-order valence-corrected chi connectivity index (χ4v) is 3.16. The van der Waals surface area contributed by atoms with E-state index in [1.807, 2.05) is 11.8 Å². The monoisotopic (exact) mass is 265 g/mol. The number of fused-ring (bicyclic) bond motifs is 1. The molecule has 0 aliphatic heterocycles. The highest BCUT2D eigenvalue weighted by Crippen LogP contribution is 2.25. The fraction of sp³-hybridized carbons (Fsp3) is 0.714. The van der Waals surface area contributed by atoms with Gasteiger partial charge in [-0.3, -0.25) is 0 Å². The molecule has 1 aromatic rings. The summed E-state index contributed by atoms with van der Waals surface area (Å²) >= 11 is 2.00. The largest absolute Gasteiger partial charge is 0.367 e. The third kappa shape index (κ3) is 3.61. The third-order valence-electron chi connectivity index (χ3n) is 3.41. The van der Waals surface area contributed by atoms with Crippen molar-refractivity contribution in [2.75, 3.05) is 16.8 Å². The van der Waals surface area contributed by atoms with E-state index in [9.17, 15) is 0 Å². The van der Waals surface area contributed by atoms with Crippen LogP contribution in [0, 0.1) is 0 Å². The van der Waals surface area contributed by atoms with Crippen LogP contribution in [0.5, 0.6) is 0 Å². The predicted molar refractivity (Wildman–Crippen MR) is 79.4 cm³/mol. The number of aryl methyl sites for hydroxylation is 1. The molecule has 0 fully saturated rings. The van der Waals surface area contributed by atoms with Crippen LogP contribution in [0.15, 0.2) is 6.33 Å². The van der Waals surface area contributed by atoms with E-state index < -0.39 is 0 Å². The van der Waals surface area contributed by atoms with E-state index >= 15 is 0 Å². The number of nitrogens with one attached hydrogen (secondary N) is 1. The van der Waals surface area contributed by atoms with E-state index in [0.29, 0.717) is 6.04 Å². The number of anilines is 1. The first-order valence-corrected chi connectivity index (χ1v) is 8.13. The molecule has 0 saturated heterocycles. The summed E-state index contributed by atoms with van der Waals surface area (Å²) < 4.78 is 0. The lowest BCUT2D eigenvalue weighted by atomic mass is 9.96. The van der Waals surface area contributed by atoms with E-state index in [-0.39, 0.29) is 0 Å². The highest BCUT2D eigenvalue weighted by Gasteiger charge is 2.16. The molecule has 1 aromatic heterocycles. The van der Waals surface area contributed by atoms with Gasteiger partial charge in [0, 0.05) is 17.3 Å². The lowest BCUT2D eigenvalue weighted by molar-refractivity contribution is 0.659. The van der Waals surface area contributed by atoms with Gasteiger partial charge in [0.2, 0.25) is 0 Å². The summed E-state index contributed by atoms with van der Waals surface area (Å²) in [4.78, 5) is 8.84. The maximum absolute atomic E-state index is 4.43. The van der Waals surface area contributed by atoms with Crippen LogP contribution in [0.2, 0.25) is 0 Å². The molecule has 0 amide bonds. The number of rotatable bonds is 6. The van der Waals surface area contributed by atoms with Crippen molar-refractivity contribution in [2.45, 2.75) is 52.0 Å². The standard InChI is InChI=1S/C14H23N3S/c1-3-18-9-8-11(2)17-14-12-6-4-5-7-13(12)15-10-16-14/h10-11H,3-9H2,1-2H3,(H,15,16,17). The van der Waals surface area contributed by atoms with Crippen molar-refractivity contribution in [1.29, 1.82) is 0 Å². The van der Waals surface area contributed by atoms with Crippen molar-refractivity contribution in [3.63, 3.8) is 0 Å². The Morgan fingerprint density at radius 1 is 1.33 bits per heavy atom. The fourth-order valence-electron chi connectivity index (χ4n) is 2.36. The molecule has 1 atom stereocenters. The molecule has 1 N–H and O–H groups in total. The Kier molecular flexibility index (Phi) is 5.29. The second kappa shape index (κ2) is 6.98. The van der Waals surface area contributed by atoms with Crippen LogP contribution in [-0.2, 0) is 12.8 Å². The van der Waals surface area contributed by atoms with Gasteiger partial charge in [0.1, 0.15) is 12.1 Å². The molecule has 4 heteroatoms. The summed E-state index contributed by atoms with van der Waals surface area (Å²) in [5, 5.41) is 3.56. The Bertz CT molecular complexity index is 381. The van der Waals surface area contributed by atoms with Gasteiger partial charge in [-0.2, -0.15) is 11.8 Å². The molecule has 2 rings (SSSR count). The van der Waals surface area contributed by atoms with Crippen molar-refractivity contribution < 1.29 is 0 Å². The van der Waals surface area contributed by atoms with E-state index in [1.54, 1.807) is 6.33 Å². The van der Waals surface area contributed by atoms with Gasteiger partial charge in [-0.15, -0.1) is 0 Å². The second-order valence-corrected chi connectivity index (χ2v) is 6.28. The van der Waals surface area contributed by atoms with Crippen LogP contribution in [-0.4, -0.2) is 27.5 Å².